The van der Waals surface area contributed by atoms with Gasteiger partial charge in [-0.2, -0.15) is 0 Å². The van der Waals surface area contributed by atoms with E-state index in [4.69, 9.17) is 4.74 Å². The van der Waals surface area contributed by atoms with E-state index in [9.17, 15) is 20.1 Å². The molecule has 0 amide bonds. The van der Waals surface area contributed by atoms with Gasteiger partial charge in [-0.15, -0.1) is 0 Å². The number of hydrogen-bond donors (Lipinski definition) is 4. The molecule has 0 aromatic heterocycles. The number of nitrogens with zero attached hydrogens (tertiary/aromatic N) is 1. The molecule has 1 aliphatic rings. The van der Waals surface area contributed by atoms with Gasteiger partial charge in [0.1, 0.15) is 5.75 Å². The number of nitrogens with one attached hydrogen (secondary N) is 1. The lowest BCUT2D eigenvalue weighted by molar-refractivity contribution is -0.114. The fraction of sp³-hybridized carbons (Fsp3) is 0.371. The topological polar surface area (TPSA) is 111 Å². The number of phenols is 2. The first-order valence-electron chi connectivity index (χ1n) is 14.9. The summed E-state index contributed by atoms with van der Waals surface area (Å²) in [5.74, 6) is 0.689. The highest BCUT2D eigenvalue weighted by atomic mass is 16.5. The van der Waals surface area contributed by atoms with E-state index in [-0.39, 0.29) is 23.9 Å². The summed E-state index contributed by atoms with van der Waals surface area (Å²) in [5.41, 5.74) is 4.40. The molecule has 0 fully saturated rings. The minimum Gasteiger partial charge on any atom is -0.508 e. The summed E-state index contributed by atoms with van der Waals surface area (Å²) in [6.45, 7) is 1.85. The number of aliphatic hydroxyl groups is 1. The summed E-state index contributed by atoms with van der Waals surface area (Å²) in [4.78, 5) is 16.8. The van der Waals surface area contributed by atoms with Gasteiger partial charge in [0.15, 0.2) is 17.3 Å². The van der Waals surface area contributed by atoms with Gasteiger partial charge in [0, 0.05) is 18.4 Å². The zero-order chi connectivity index (χ0) is 29.7. The molecule has 0 aliphatic carbocycles. The summed E-state index contributed by atoms with van der Waals surface area (Å²) < 4.78 is 5.98. The van der Waals surface area contributed by atoms with E-state index in [0.29, 0.717) is 38.2 Å². The van der Waals surface area contributed by atoms with Crippen LogP contribution in [0.15, 0.2) is 65.7 Å². The number of unbranched alkanes of at least 4 members (excludes halogenated alkanes) is 4. The van der Waals surface area contributed by atoms with Crippen molar-refractivity contribution in [2.45, 2.75) is 58.0 Å². The monoisotopic (exact) mass is 570 g/mol. The van der Waals surface area contributed by atoms with Gasteiger partial charge >= 0.3 is 0 Å². The quantitative estimate of drug-likeness (QED) is 0.140. The van der Waals surface area contributed by atoms with Crippen molar-refractivity contribution in [1.82, 2.24) is 5.32 Å². The van der Waals surface area contributed by atoms with Gasteiger partial charge in [-0.1, -0.05) is 37.1 Å². The molecule has 0 saturated carbocycles. The summed E-state index contributed by atoms with van der Waals surface area (Å²) in [5, 5.41) is 35.4. The molecular formula is C35H42N2O5. The Labute approximate surface area is 247 Å². The summed E-state index contributed by atoms with van der Waals surface area (Å²) >= 11 is 0. The average molecular weight is 571 g/mol. The highest BCUT2D eigenvalue weighted by molar-refractivity contribution is 5.89. The lowest BCUT2D eigenvalue weighted by Gasteiger charge is -2.14. The van der Waals surface area contributed by atoms with E-state index in [1.165, 1.54) is 19.3 Å². The van der Waals surface area contributed by atoms with E-state index in [0.717, 1.165) is 57.8 Å². The maximum atomic E-state index is 12.3. The number of ether oxygens (including phenoxy) is 1. The molecule has 0 bridgehead atoms. The Kier molecular flexibility index (Phi) is 11.7. The van der Waals surface area contributed by atoms with Crippen LogP contribution in [-0.4, -0.2) is 47.8 Å². The molecule has 0 atom stereocenters. The van der Waals surface area contributed by atoms with Crippen LogP contribution in [0.4, 0.5) is 0 Å². The van der Waals surface area contributed by atoms with E-state index in [2.05, 4.69) is 10.3 Å². The molecule has 1 heterocycles. The van der Waals surface area contributed by atoms with Crippen LogP contribution in [0.5, 0.6) is 17.2 Å². The highest BCUT2D eigenvalue weighted by Crippen LogP contribution is 2.30. The molecule has 42 heavy (non-hydrogen) atoms. The van der Waals surface area contributed by atoms with Crippen molar-refractivity contribution in [2.24, 2.45) is 4.99 Å². The Bertz CT molecular complexity index is 1510. The molecule has 222 valence electrons. The molecule has 7 heteroatoms. The van der Waals surface area contributed by atoms with Crippen molar-refractivity contribution in [3.05, 3.63) is 87.9 Å². The zero-order valence-corrected chi connectivity index (χ0v) is 24.4. The third kappa shape index (κ3) is 8.78. The first kappa shape index (κ1) is 31.0. The molecule has 0 radical (unpaired) electrons. The van der Waals surface area contributed by atoms with Gasteiger partial charge in [0.25, 0.3) is 0 Å². The van der Waals surface area contributed by atoms with Gasteiger partial charge in [0.2, 0.25) is 0 Å². The zero-order valence-electron chi connectivity index (χ0n) is 24.4. The first-order chi connectivity index (χ1) is 20.5. The third-order valence-corrected chi connectivity index (χ3v) is 7.52. The normalized spacial score (nSPS) is 12.2. The molecule has 0 saturated heterocycles. The molecule has 1 aliphatic heterocycles. The number of aryl methyl sites for hydroxylation is 1. The maximum Gasteiger partial charge on any atom is 0.161 e. The smallest absolute Gasteiger partial charge is 0.161 e. The van der Waals surface area contributed by atoms with Gasteiger partial charge in [-0.3, -0.25) is 9.79 Å². The summed E-state index contributed by atoms with van der Waals surface area (Å²) in [6.07, 6.45) is 12.8. The Hall–Kier alpha value is -3.94. The fourth-order valence-electron chi connectivity index (χ4n) is 5.21. The summed E-state index contributed by atoms with van der Waals surface area (Å²) in [6, 6.07) is 14.4. The Morgan fingerprint density at radius 3 is 2.69 bits per heavy atom. The molecule has 4 N–H and O–H groups in total. The van der Waals surface area contributed by atoms with Crippen molar-refractivity contribution in [1.29, 1.82) is 0 Å². The van der Waals surface area contributed by atoms with Crippen LogP contribution in [0, 0.1) is 0 Å². The number of aliphatic hydroxyl groups excluding tert-OH is 1. The van der Waals surface area contributed by atoms with Crippen molar-refractivity contribution in [2.75, 3.05) is 26.7 Å². The number of phenolic OH excluding ortho intramolecular Hbond substituents is 2. The number of rotatable bonds is 17. The molecule has 7 nitrogen and oxygen atoms in total. The number of hydrogen-bond acceptors (Lipinski definition) is 7. The minimum atomic E-state index is -0.111. The van der Waals surface area contributed by atoms with E-state index in [1.54, 1.807) is 30.3 Å². The number of allylic oxidation sites excluding steroid dienone is 2. The van der Waals surface area contributed by atoms with Crippen LogP contribution in [-0.2, 0) is 24.2 Å². The second-order valence-electron chi connectivity index (χ2n) is 10.7. The van der Waals surface area contributed by atoms with Gasteiger partial charge in [0.05, 0.1) is 25.1 Å². The molecule has 4 rings (SSSR count). The minimum absolute atomic E-state index is 0.0520. The second-order valence-corrected chi connectivity index (χ2v) is 10.7. The molecule has 3 aromatic rings. The maximum absolute atomic E-state index is 12.3. The van der Waals surface area contributed by atoms with Crippen LogP contribution >= 0.6 is 0 Å². The van der Waals surface area contributed by atoms with Gasteiger partial charge < -0.3 is 25.4 Å². The highest BCUT2D eigenvalue weighted by Gasteiger charge is 2.12. The largest absolute Gasteiger partial charge is 0.508 e. The number of ketones is 1. The van der Waals surface area contributed by atoms with Crippen molar-refractivity contribution < 1.29 is 24.9 Å². The van der Waals surface area contributed by atoms with E-state index in [1.807, 2.05) is 43.5 Å². The van der Waals surface area contributed by atoms with Crippen molar-refractivity contribution >= 4 is 11.9 Å². The van der Waals surface area contributed by atoms with Crippen LogP contribution in [0.2, 0.25) is 0 Å². The summed E-state index contributed by atoms with van der Waals surface area (Å²) in [7, 11) is 1.97. The second kappa shape index (κ2) is 15.9. The predicted molar refractivity (Wildman–Crippen MR) is 166 cm³/mol. The van der Waals surface area contributed by atoms with Crippen molar-refractivity contribution in [3.8, 4) is 28.4 Å². The molecular weight excluding hydrogens is 528 g/mol. The van der Waals surface area contributed by atoms with Gasteiger partial charge in [-0.05, 0) is 109 Å². The van der Waals surface area contributed by atoms with E-state index >= 15 is 0 Å². The number of carbonyl (C=O) groups excluding carboxylic acids is 1. The fourth-order valence-corrected chi connectivity index (χ4v) is 5.21. The predicted octanol–water partition coefficient (Wildman–Crippen LogP) is 4.52. The van der Waals surface area contributed by atoms with Crippen LogP contribution in [0.3, 0.4) is 0 Å². The number of fused-ring (bicyclic) bond motifs is 1. The standard InChI is InChI=1S/C35H42N2O5/c1-36-17-7-5-3-2-4-6-8-30(39)12-9-25-10-14-33(41)34(20-25)42-19-16-26-11-13-31(40)23-32(26)28-21-27-15-18-37-35(27)29(22-28)24-38/h6,8,10-11,13-15,20-23,36,38,40-41H,2-5,7,9,12,16-19,24H2,1H3. The average Bonchev–Trinajstić information content (AvgIpc) is 3.48. The number of benzene rings is 3. The lowest BCUT2D eigenvalue weighted by atomic mass is 9.95. The van der Waals surface area contributed by atoms with Crippen LogP contribution in [0.1, 0.15) is 55.2 Å². The first-order valence-corrected chi connectivity index (χ1v) is 14.9. The Morgan fingerprint density at radius 2 is 1.86 bits per heavy atom. The number of aromatic hydroxyl groups is 2. The molecule has 0 unspecified atom stereocenters. The molecule has 0 spiro atoms. The van der Waals surface area contributed by atoms with E-state index < -0.39 is 0 Å². The van der Waals surface area contributed by atoms with Gasteiger partial charge in [-0.25, -0.2) is 0 Å². The molecule has 3 aromatic carbocycles. The number of carbonyl (C=O) groups is 1. The third-order valence-electron chi connectivity index (χ3n) is 7.52. The Morgan fingerprint density at radius 1 is 1.00 bits per heavy atom. The van der Waals surface area contributed by atoms with Crippen LogP contribution < -0.4 is 20.6 Å². The van der Waals surface area contributed by atoms with Crippen molar-refractivity contribution in [3.63, 3.8) is 0 Å². The van der Waals surface area contributed by atoms with Crippen LogP contribution in [0.25, 0.3) is 17.2 Å². The SMILES string of the molecule is CNCCCCCCC=CC(=O)CCc1ccc(O)c(OCCc2ccc(O)cc2-c2cc(CO)c3c(c2)=CCN=3)c1. The lowest BCUT2D eigenvalue weighted by Crippen LogP contribution is -2.26. The Balaban J connectivity index is 1.32.